The maximum absolute atomic E-state index is 11.0. The topological polar surface area (TPSA) is 46.5 Å². The van der Waals surface area contributed by atoms with Crippen molar-refractivity contribution in [2.24, 2.45) is 0 Å². The van der Waals surface area contributed by atoms with Crippen molar-refractivity contribution in [3.63, 3.8) is 0 Å². The predicted molar refractivity (Wildman–Crippen MR) is 53.4 cm³/mol. The molecular formula is C9H8Cl2O3. The molecule has 0 amide bonds. The van der Waals surface area contributed by atoms with E-state index in [0.29, 0.717) is 0 Å². The number of carbonyl (C=O) groups is 1. The molecule has 0 aliphatic rings. The van der Waals surface area contributed by atoms with Crippen LogP contribution in [0, 0.1) is 0 Å². The van der Waals surface area contributed by atoms with E-state index in [2.05, 4.69) is 4.74 Å². The van der Waals surface area contributed by atoms with Gasteiger partial charge in [-0.15, -0.1) is 0 Å². The first kappa shape index (κ1) is 11.3. The molecule has 0 aliphatic carbocycles. The monoisotopic (exact) mass is 234 g/mol. The van der Waals surface area contributed by atoms with Crippen LogP contribution in [0.1, 0.15) is 11.7 Å². The molecule has 14 heavy (non-hydrogen) atoms. The van der Waals surface area contributed by atoms with Crippen molar-refractivity contribution in [3.05, 3.63) is 33.8 Å². The van der Waals surface area contributed by atoms with Gasteiger partial charge in [-0.1, -0.05) is 35.3 Å². The van der Waals surface area contributed by atoms with Crippen molar-refractivity contribution in [2.75, 3.05) is 7.11 Å². The minimum absolute atomic E-state index is 0.159. The molecule has 1 N–H and O–H groups in total. The van der Waals surface area contributed by atoms with Gasteiger partial charge < -0.3 is 9.84 Å². The molecule has 0 aromatic heterocycles. The summed E-state index contributed by atoms with van der Waals surface area (Å²) in [5.74, 6) is -0.769. The lowest BCUT2D eigenvalue weighted by Crippen LogP contribution is -2.13. The maximum Gasteiger partial charge on any atom is 0.339 e. The van der Waals surface area contributed by atoms with Gasteiger partial charge in [0.1, 0.15) is 0 Å². The molecule has 0 heterocycles. The number of rotatable bonds is 2. The lowest BCUT2D eigenvalue weighted by Gasteiger charge is -2.10. The molecule has 1 rings (SSSR count). The zero-order valence-corrected chi connectivity index (χ0v) is 8.84. The summed E-state index contributed by atoms with van der Waals surface area (Å²) in [6, 6.07) is 4.67. The summed E-state index contributed by atoms with van der Waals surface area (Å²) in [4.78, 5) is 11.0. The lowest BCUT2D eigenvalue weighted by atomic mass is 10.1. The van der Waals surface area contributed by atoms with Crippen molar-refractivity contribution >= 4 is 29.2 Å². The third-order valence-corrected chi connectivity index (χ3v) is 2.53. The Labute approximate surface area is 91.2 Å². The van der Waals surface area contributed by atoms with Gasteiger partial charge in [0, 0.05) is 5.56 Å². The van der Waals surface area contributed by atoms with E-state index >= 15 is 0 Å². The lowest BCUT2D eigenvalue weighted by molar-refractivity contribution is -0.150. The average Bonchev–Trinajstić information content (AvgIpc) is 2.20. The number of ether oxygens (including phenoxy) is 1. The van der Waals surface area contributed by atoms with Gasteiger partial charge >= 0.3 is 5.97 Å². The van der Waals surface area contributed by atoms with Gasteiger partial charge in [-0.25, -0.2) is 4.79 Å². The number of methoxy groups -OCH3 is 1. The number of aliphatic hydroxyl groups excluding tert-OH is 1. The SMILES string of the molecule is COC(=O)C(O)c1cccc(Cl)c1Cl. The van der Waals surface area contributed by atoms with E-state index < -0.39 is 12.1 Å². The Bertz CT molecular complexity index is 352. The molecule has 3 nitrogen and oxygen atoms in total. The minimum Gasteiger partial charge on any atom is -0.467 e. The van der Waals surface area contributed by atoms with Crippen molar-refractivity contribution in [2.45, 2.75) is 6.10 Å². The molecule has 76 valence electrons. The van der Waals surface area contributed by atoms with Crippen molar-refractivity contribution in [3.8, 4) is 0 Å². The first-order valence-electron chi connectivity index (χ1n) is 3.77. The number of hydrogen-bond donors (Lipinski definition) is 1. The summed E-state index contributed by atoms with van der Waals surface area (Å²) in [5, 5.41) is 9.92. The first-order chi connectivity index (χ1) is 6.57. The fraction of sp³-hybridized carbons (Fsp3) is 0.222. The number of aliphatic hydroxyl groups is 1. The summed E-state index contributed by atoms with van der Waals surface area (Å²) in [5.41, 5.74) is 0.242. The second-order valence-corrected chi connectivity index (χ2v) is 3.35. The molecule has 0 saturated carbocycles. The number of carbonyl (C=O) groups excluding carboxylic acids is 1. The molecule has 1 atom stereocenters. The zero-order valence-electron chi connectivity index (χ0n) is 7.33. The van der Waals surface area contributed by atoms with E-state index in [0.717, 1.165) is 0 Å². The molecule has 1 unspecified atom stereocenters. The number of hydrogen-bond acceptors (Lipinski definition) is 3. The van der Waals surface area contributed by atoms with Gasteiger partial charge in [-0.05, 0) is 6.07 Å². The average molecular weight is 235 g/mol. The molecule has 0 bridgehead atoms. The summed E-state index contributed by atoms with van der Waals surface area (Å²) < 4.78 is 4.37. The summed E-state index contributed by atoms with van der Waals surface area (Å²) >= 11 is 11.5. The fourth-order valence-electron chi connectivity index (χ4n) is 0.970. The zero-order chi connectivity index (χ0) is 10.7. The van der Waals surface area contributed by atoms with Crippen LogP contribution in [0.15, 0.2) is 18.2 Å². The van der Waals surface area contributed by atoms with E-state index in [1.165, 1.54) is 13.2 Å². The minimum atomic E-state index is -1.40. The molecule has 0 fully saturated rings. The Morgan fingerprint density at radius 2 is 2.14 bits per heavy atom. The highest BCUT2D eigenvalue weighted by Crippen LogP contribution is 2.30. The van der Waals surface area contributed by atoms with Crippen molar-refractivity contribution < 1.29 is 14.6 Å². The molecule has 1 aromatic carbocycles. The summed E-state index contributed by atoms with van der Waals surface area (Å²) in [6.45, 7) is 0. The Kier molecular flexibility index (Phi) is 3.75. The first-order valence-corrected chi connectivity index (χ1v) is 4.53. The van der Waals surface area contributed by atoms with Crippen LogP contribution >= 0.6 is 23.2 Å². The van der Waals surface area contributed by atoms with E-state index in [1.807, 2.05) is 0 Å². The van der Waals surface area contributed by atoms with Gasteiger partial charge in [-0.3, -0.25) is 0 Å². The standard InChI is InChI=1S/C9H8Cl2O3/c1-14-9(13)8(12)5-3-2-4-6(10)7(5)11/h2-4,8,12H,1H3. The highest BCUT2D eigenvalue weighted by atomic mass is 35.5. The molecule has 0 spiro atoms. The maximum atomic E-state index is 11.0. The quantitative estimate of drug-likeness (QED) is 0.799. The van der Waals surface area contributed by atoms with Crippen LogP contribution in [-0.4, -0.2) is 18.2 Å². The molecule has 0 aliphatic heterocycles. The Morgan fingerprint density at radius 1 is 1.50 bits per heavy atom. The largest absolute Gasteiger partial charge is 0.467 e. The van der Waals surface area contributed by atoms with Gasteiger partial charge in [0.15, 0.2) is 6.10 Å². The highest BCUT2D eigenvalue weighted by Gasteiger charge is 2.21. The molecule has 0 saturated heterocycles. The van der Waals surface area contributed by atoms with Gasteiger partial charge in [0.2, 0.25) is 0 Å². The third-order valence-electron chi connectivity index (χ3n) is 1.70. The van der Waals surface area contributed by atoms with Crippen molar-refractivity contribution in [1.29, 1.82) is 0 Å². The fourth-order valence-corrected chi connectivity index (χ4v) is 1.38. The Balaban J connectivity index is 3.07. The van der Waals surface area contributed by atoms with Crippen LogP contribution in [-0.2, 0) is 9.53 Å². The highest BCUT2D eigenvalue weighted by molar-refractivity contribution is 6.42. The van der Waals surface area contributed by atoms with E-state index in [-0.39, 0.29) is 15.6 Å². The van der Waals surface area contributed by atoms with E-state index in [9.17, 15) is 9.90 Å². The van der Waals surface area contributed by atoms with Gasteiger partial charge in [-0.2, -0.15) is 0 Å². The molecular weight excluding hydrogens is 227 g/mol. The Hall–Kier alpha value is -0.770. The second kappa shape index (κ2) is 4.64. The number of halogens is 2. The van der Waals surface area contributed by atoms with Crippen molar-refractivity contribution in [1.82, 2.24) is 0 Å². The van der Waals surface area contributed by atoms with E-state index in [1.54, 1.807) is 12.1 Å². The smallest absolute Gasteiger partial charge is 0.339 e. The van der Waals surface area contributed by atoms with Gasteiger partial charge in [0.05, 0.1) is 17.2 Å². The number of benzene rings is 1. The van der Waals surface area contributed by atoms with Gasteiger partial charge in [0.25, 0.3) is 0 Å². The molecule has 0 radical (unpaired) electrons. The van der Waals surface area contributed by atoms with Crippen LogP contribution in [0.25, 0.3) is 0 Å². The van der Waals surface area contributed by atoms with Crippen LogP contribution in [0.4, 0.5) is 0 Å². The second-order valence-electron chi connectivity index (χ2n) is 2.57. The van der Waals surface area contributed by atoms with Crippen LogP contribution in [0.2, 0.25) is 10.0 Å². The summed E-state index contributed by atoms with van der Waals surface area (Å²) in [7, 11) is 1.18. The molecule has 1 aromatic rings. The van der Waals surface area contributed by atoms with Crippen LogP contribution in [0.5, 0.6) is 0 Å². The Morgan fingerprint density at radius 3 is 2.71 bits per heavy atom. The normalized spacial score (nSPS) is 12.3. The van der Waals surface area contributed by atoms with Crippen LogP contribution < -0.4 is 0 Å². The predicted octanol–water partition coefficient (Wildman–Crippen LogP) is 2.20. The van der Waals surface area contributed by atoms with E-state index in [4.69, 9.17) is 23.2 Å². The molecule has 5 heteroatoms. The number of esters is 1. The third kappa shape index (κ3) is 2.18. The van der Waals surface area contributed by atoms with Crippen LogP contribution in [0.3, 0.4) is 0 Å². The summed E-state index contributed by atoms with van der Waals surface area (Å²) in [6.07, 6.45) is -1.40.